The molecule has 3 aromatic rings. The number of anilines is 2. The zero-order chi connectivity index (χ0) is 31.4. The minimum atomic E-state index is -0.231. The van der Waals surface area contributed by atoms with E-state index >= 15 is 0 Å². The average Bonchev–Trinajstić information content (AvgIpc) is 3.40. The van der Waals surface area contributed by atoms with Crippen molar-refractivity contribution in [1.82, 2.24) is 19.7 Å². The van der Waals surface area contributed by atoms with Crippen LogP contribution in [0, 0.1) is 5.82 Å². The summed E-state index contributed by atoms with van der Waals surface area (Å²) >= 11 is 0. The van der Waals surface area contributed by atoms with Gasteiger partial charge in [0.2, 0.25) is 0 Å². The Kier molecular flexibility index (Phi) is 13.0. The van der Waals surface area contributed by atoms with Gasteiger partial charge in [0.05, 0.1) is 5.69 Å². The Balaban J connectivity index is 0.000000780. The minimum absolute atomic E-state index is 0.231. The molecular formula is C36H49FN6. The molecule has 3 heterocycles. The van der Waals surface area contributed by atoms with Crippen molar-refractivity contribution in [3.05, 3.63) is 108 Å². The third-order valence-corrected chi connectivity index (χ3v) is 7.33. The fourth-order valence-electron chi connectivity index (χ4n) is 5.31. The van der Waals surface area contributed by atoms with Gasteiger partial charge in [0.25, 0.3) is 0 Å². The number of nitrogen functional groups attached to an aromatic ring is 1. The molecule has 0 radical (unpaired) electrons. The number of imidazole rings is 1. The molecule has 0 bridgehead atoms. The highest BCUT2D eigenvalue weighted by atomic mass is 19.1. The molecule has 1 saturated heterocycles. The maximum atomic E-state index is 14.4. The zero-order valence-electron chi connectivity index (χ0n) is 26.6. The molecule has 5 rings (SSSR count). The maximum Gasteiger partial charge on any atom is 0.150 e. The van der Waals surface area contributed by atoms with E-state index < -0.39 is 0 Å². The van der Waals surface area contributed by atoms with Crippen LogP contribution in [0.25, 0.3) is 11.1 Å². The maximum absolute atomic E-state index is 14.4. The summed E-state index contributed by atoms with van der Waals surface area (Å²) in [4.78, 5) is 9.47. The fraction of sp³-hybridized carbons (Fsp3) is 0.389. The first-order chi connectivity index (χ1) is 20.8. The number of nitrogens with two attached hydrogens (primary N) is 1. The lowest BCUT2D eigenvalue weighted by atomic mass is 9.92. The van der Waals surface area contributed by atoms with Crippen molar-refractivity contribution in [2.75, 3.05) is 30.7 Å². The second kappa shape index (κ2) is 16.6. The van der Waals surface area contributed by atoms with Crippen molar-refractivity contribution in [3.63, 3.8) is 0 Å². The summed E-state index contributed by atoms with van der Waals surface area (Å²) in [5.41, 5.74) is 14.6. The van der Waals surface area contributed by atoms with E-state index in [2.05, 4.69) is 45.3 Å². The van der Waals surface area contributed by atoms with E-state index in [1.807, 2.05) is 59.0 Å². The van der Waals surface area contributed by atoms with Gasteiger partial charge in [-0.05, 0) is 94.3 Å². The number of benzene rings is 1. The first kappa shape index (κ1) is 33.5. The van der Waals surface area contributed by atoms with Gasteiger partial charge in [-0.15, -0.1) is 6.58 Å². The molecule has 7 heteroatoms. The summed E-state index contributed by atoms with van der Waals surface area (Å²) < 4.78 is 16.5. The lowest BCUT2D eigenvalue weighted by Gasteiger charge is -2.21. The molecule has 1 fully saturated rings. The van der Waals surface area contributed by atoms with Crippen molar-refractivity contribution < 1.29 is 4.39 Å². The second-order valence-electron chi connectivity index (χ2n) is 11.1. The van der Waals surface area contributed by atoms with Crippen molar-refractivity contribution in [3.8, 4) is 0 Å². The van der Waals surface area contributed by atoms with Crippen molar-refractivity contribution >= 4 is 22.6 Å². The predicted octanol–water partition coefficient (Wildman–Crippen LogP) is 8.42. The Bertz CT molecular complexity index is 1480. The molecule has 1 unspecified atom stereocenters. The Morgan fingerprint density at radius 3 is 2.60 bits per heavy atom. The Morgan fingerprint density at radius 2 is 1.98 bits per heavy atom. The van der Waals surface area contributed by atoms with E-state index in [1.54, 1.807) is 12.3 Å². The molecule has 2 aliphatic rings. The first-order valence-corrected chi connectivity index (χ1v) is 15.4. The van der Waals surface area contributed by atoms with Crippen LogP contribution in [0.3, 0.4) is 0 Å². The van der Waals surface area contributed by atoms with E-state index in [1.165, 1.54) is 22.8 Å². The normalized spacial score (nSPS) is 16.6. The summed E-state index contributed by atoms with van der Waals surface area (Å²) in [7, 11) is 0. The third-order valence-electron chi connectivity index (χ3n) is 7.33. The Morgan fingerprint density at radius 1 is 1.21 bits per heavy atom. The van der Waals surface area contributed by atoms with Gasteiger partial charge in [0.1, 0.15) is 23.0 Å². The van der Waals surface area contributed by atoms with E-state index in [-0.39, 0.29) is 5.82 Å². The van der Waals surface area contributed by atoms with Gasteiger partial charge < -0.3 is 16.4 Å². The van der Waals surface area contributed by atoms with Crippen LogP contribution in [0.1, 0.15) is 83.3 Å². The SMILES string of the molecule is C=C(C)C.C=C/C(=C\C)CNc1cc(F)cc(CC2=CC=C(c3nc(C4CCCNC4)n4ccnc(N)c34)CC2)c1.CC. The summed E-state index contributed by atoms with van der Waals surface area (Å²) in [6.07, 6.45) is 16.6. The van der Waals surface area contributed by atoms with Gasteiger partial charge in [0.15, 0.2) is 0 Å². The van der Waals surface area contributed by atoms with Gasteiger partial charge >= 0.3 is 0 Å². The molecule has 1 atom stereocenters. The number of piperidine rings is 1. The number of fused-ring (bicyclic) bond motifs is 1. The van der Waals surface area contributed by atoms with Crippen molar-refractivity contribution in [2.45, 2.75) is 72.6 Å². The van der Waals surface area contributed by atoms with E-state index in [0.29, 0.717) is 24.7 Å². The van der Waals surface area contributed by atoms with Crippen LogP contribution < -0.4 is 16.4 Å². The molecule has 2 aromatic heterocycles. The Hall–Kier alpha value is -3.97. The quantitative estimate of drug-likeness (QED) is 0.183. The van der Waals surface area contributed by atoms with Gasteiger partial charge in [-0.2, -0.15) is 0 Å². The lowest BCUT2D eigenvalue weighted by Crippen LogP contribution is -2.29. The number of nitrogens with zero attached hydrogens (tertiary/aromatic N) is 3. The number of hydrogen-bond donors (Lipinski definition) is 3. The van der Waals surface area contributed by atoms with Gasteiger partial charge in [-0.25, -0.2) is 14.4 Å². The molecule has 0 saturated carbocycles. The molecule has 43 heavy (non-hydrogen) atoms. The van der Waals surface area contributed by atoms with Crippen LogP contribution in [-0.4, -0.2) is 34.0 Å². The van der Waals surface area contributed by atoms with Crippen LogP contribution >= 0.6 is 0 Å². The standard InChI is InChI=1S/C30H35FN6.C4H8.C2H6/c1-3-20(4-2)18-35-26-16-22(15-25(31)17-26)14-21-7-9-23(10-8-21)27-28-29(32)34-12-13-37(28)30(36-27)24-6-5-11-33-19-24;1-4(2)3;1-2/h3-4,7,9,12-13,15-17,24,33,35H,1,5-6,8,10-11,14,18-19H2,2H3,(H2,32,34);1H2,2-3H3;1-2H3/b20-4+;;. The number of halogens is 1. The smallest absolute Gasteiger partial charge is 0.150 e. The highest BCUT2D eigenvalue weighted by Crippen LogP contribution is 2.35. The number of rotatable bonds is 8. The van der Waals surface area contributed by atoms with Crippen molar-refractivity contribution in [1.29, 1.82) is 0 Å². The molecule has 0 amide bonds. The molecule has 0 spiro atoms. The summed E-state index contributed by atoms with van der Waals surface area (Å²) in [5.74, 6) is 1.69. The number of allylic oxidation sites excluding steroid dienone is 6. The number of aromatic nitrogens is 3. The third kappa shape index (κ3) is 9.26. The van der Waals surface area contributed by atoms with Gasteiger partial charge in [0, 0.05) is 37.1 Å². The molecule has 6 nitrogen and oxygen atoms in total. The van der Waals surface area contributed by atoms with Crippen LogP contribution in [0.15, 0.2) is 84.8 Å². The minimum Gasteiger partial charge on any atom is -0.382 e. The van der Waals surface area contributed by atoms with Crippen LogP contribution in [0.5, 0.6) is 0 Å². The average molecular weight is 585 g/mol. The molecular weight excluding hydrogens is 535 g/mol. The van der Waals surface area contributed by atoms with E-state index in [9.17, 15) is 4.39 Å². The number of hydrogen-bond acceptors (Lipinski definition) is 5. The summed E-state index contributed by atoms with van der Waals surface area (Å²) in [6.45, 7) is 19.9. The second-order valence-corrected chi connectivity index (χ2v) is 11.1. The summed E-state index contributed by atoms with van der Waals surface area (Å²) in [6, 6.07) is 5.18. The Labute approximate surface area is 257 Å². The van der Waals surface area contributed by atoms with Crippen LogP contribution in [0.2, 0.25) is 0 Å². The molecule has 1 aliphatic heterocycles. The lowest BCUT2D eigenvalue weighted by molar-refractivity contribution is 0.445. The molecule has 4 N–H and O–H groups in total. The van der Waals surface area contributed by atoms with Gasteiger partial charge in [-0.3, -0.25) is 4.40 Å². The van der Waals surface area contributed by atoms with E-state index in [4.69, 9.17) is 10.7 Å². The van der Waals surface area contributed by atoms with Crippen LogP contribution in [-0.2, 0) is 6.42 Å². The topological polar surface area (TPSA) is 80.3 Å². The largest absolute Gasteiger partial charge is 0.382 e. The molecule has 1 aromatic carbocycles. The molecule has 230 valence electrons. The van der Waals surface area contributed by atoms with Crippen LogP contribution in [0.4, 0.5) is 15.9 Å². The number of nitrogens with one attached hydrogen (secondary N) is 2. The fourth-order valence-corrected chi connectivity index (χ4v) is 5.31. The monoisotopic (exact) mass is 584 g/mol. The zero-order valence-corrected chi connectivity index (χ0v) is 26.6. The van der Waals surface area contributed by atoms with Crippen molar-refractivity contribution in [2.24, 2.45) is 0 Å². The first-order valence-electron chi connectivity index (χ1n) is 15.4. The van der Waals surface area contributed by atoms with Gasteiger partial charge in [-0.1, -0.05) is 55.9 Å². The highest BCUT2D eigenvalue weighted by Gasteiger charge is 2.25. The highest BCUT2D eigenvalue weighted by molar-refractivity contribution is 5.84. The predicted molar refractivity (Wildman–Crippen MR) is 182 cm³/mol. The van der Waals surface area contributed by atoms with E-state index in [0.717, 1.165) is 72.6 Å². The summed E-state index contributed by atoms with van der Waals surface area (Å²) in [5, 5.41) is 6.80. The molecule has 1 aliphatic carbocycles.